The number of aryl methyl sites for hydroxylation is 1. The molecule has 0 aliphatic rings. The Morgan fingerprint density at radius 2 is 1.68 bits per heavy atom. The molecule has 0 radical (unpaired) electrons. The Labute approximate surface area is 178 Å². The first-order valence-corrected chi connectivity index (χ1v) is 11.2. The van der Waals surface area contributed by atoms with Gasteiger partial charge in [-0.25, -0.2) is 12.8 Å². The van der Waals surface area contributed by atoms with Crippen LogP contribution in [0.4, 0.5) is 10.1 Å². The van der Waals surface area contributed by atoms with Crippen molar-refractivity contribution in [1.82, 2.24) is 5.32 Å². The third-order valence-corrected chi connectivity index (χ3v) is 5.97. The summed E-state index contributed by atoms with van der Waals surface area (Å²) in [6.45, 7) is -0.115. The first-order valence-electron chi connectivity index (χ1n) is 8.21. The Bertz CT molecular complexity index is 953. The Hall–Kier alpha value is -1.54. The highest BCUT2D eigenvalue weighted by molar-refractivity contribution is 7.92. The smallest absolute Gasteiger partial charge is 0.240 e. The van der Waals surface area contributed by atoms with E-state index < -0.39 is 22.5 Å². The fraction of sp³-hybridized carbons (Fsp3) is 0.278. The fourth-order valence-corrected chi connectivity index (χ4v) is 4.00. The van der Waals surface area contributed by atoms with E-state index in [2.05, 4.69) is 5.32 Å². The molecule has 0 aliphatic heterocycles. The number of nitrogens with zero attached hydrogens (tertiary/aromatic N) is 1. The maximum Gasteiger partial charge on any atom is 0.240 e. The van der Waals surface area contributed by atoms with Crippen molar-refractivity contribution in [1.29, 1.82) is 0 Å². The van der Waals surface area contributed by atoms with Crippen molar-refractivity contribution < 1.29 is 17.6 Å². The number of carbonyl (C=O) groups is 1. The average molecular weight is 468 g/mol. The number of anilines is 1. The lowest BCUT2D eigenvalue weighted by Gasteiger charge is -2.23. The van der Waals surface area contributed by atoms with Gasteiger partial charge in [0.15, 0.2) is 0 Å². The number of nitrogens with one attached hydrogen (secondary N) is 1. The molecule has 0 saturated carbocycles. The first-order chi connectivity index (χ1) is 13.1. The average Bonchev–Trinajstić information content (AvgIpc) is 2.61. The van der Waals surface area contributed by atoms with Crippen LogP contribution in [-0.4, -0.2) is 33.7 Å². The van der Waals surface area contributed by atoms with Gasteiger partial charge in [0.1, 0.15) is 12.4 Å². The van der Waals surface area contributed by atoms with Gasteiger partial charge in [-0.15, -0.1) is 0 Å². The van der Waals surface area contributed by atoms with E-state index in [1.807, 2.05) is 0 Å². The van der Waals surface area contributed by atoms with Crippen LogP contribution in [0.1, 0.15) is 12.0 Å². The molecular formula is C18H18Cl3FN2O3S. The molecule has 1 N–H and O–H groups in total. The highest BCUT2D eigenvalue weighted by atomic mass is 35.5. The van der Waals surface area contributed by atoms with E-state index in [-0.39, 0.29) is 26.6 Å². The molecule has 2 aromatic carbocycles. The molecule has 0 atom stereocenters. The van der Waals surface area contributed by atoms with E-state index >= 15 is 0 Å². The zero-order chi connectivity index (χ0) is 20.9. The number of carbonyl (C=O) groups excluding carboxylic acids is 1. The summed E-state index contributed by atoms with van der Waals surface area (Å²) in [5.74, 6) is -0.800. The SMILES string of the molecule is CS(=O)(=O)N(CC(=O)NCCCc1ccc(F)cc1)c1cc(Cl)c(Cl)cc1Cl. The molecule has 0 aliphatic carbocycles. The summed E-state index contributed by atoms with van der Waals surface area (Å²) in [6.07, 6.45) is 2.23. The van der Waals surface area contributed by atoms with E-state index in [0.29, 0.717) is 19.4 Å². The van der Waals surface area contributed by atoms with Crippen molar-refractivity contribution in [3.8, 4) is 0 Å². The summed E-state index contributed by atoms with van der Waals surface area (Å²) in [7, 11) is -3.79. The van der Waals surface area contributed by atoms with Crippen LogP contribution < -0.4 is 9.62 Å². The van der Waals surface area contributed by atoms with Crippen LogP contribution in [0.25, 0.3) is 0 Å². The molecule has 2 rings (SSSR count). The third kappa shape index (κ3) is 6.51. The highest BCUT2D eigenvalue weighted by Crippen LogP contribution is 2.35. The zero-order valence-electron chi connectivity index (χ0n) is 14.9. The van der Waals surface area contributed by atoms with Crippen LogP contribution in [-0.2, 0) is 21.2 Å². The van der Waals surface area contributed by atoms with Gasteiger partial charge in [-0.3, -0.25) is 9.10 Å². The Kier molecular flexibility index (Phi) is 7.95. The number of amides is 1. The molecule has 0 bridgehead atoms. The molecule has 0 spiro atoms. The second kappa shape index (κ2) is 9.78. The zero-order valence-corrected chi connectivity index (χ0v) is 18.0. The van der Waals surface area contributed by atoms with Crippen LogP contribution in [0.15, 0.2) is 36.4 Å². The fourth-order valence-electron chi connectivity index (χ4n) is 2.44. The Morgan fingerprint density at radius 1 is 1.07 bits per heavy atom. The standard InChI is InChI=1S/C18H18Cl3FN2O3S/c1-28(26,27)24(17-10-15(20)14(19)9-16(17)21)11-18(25)23-8-2-3-12-4-6-13(22)7-5-12/h4-7,9-10H,2-3,8,11H2,1H3,(H,23,25). The van der Waals surface area contributed by atoms with Crippen molar-refractivity contribution in [2.75, 3.05) is 23.7 Å². The van der Waals surface area contributed by atoms with E-state index in [9.17, 15) is 17.6 Å². The quantitative estimate of drug-likeness (QED) is 0.465. The summed E-state index contributed by atoms with van der Waals surface area (Å²) >= 11 is 17.9. The highest BCUT2D eigenvalue weighted by Gasteiger charge is 2.24. The van der Waals surface area contributed by atoms with Gasteiger partial charge in [0, 0.05) is 6.54 Å². The van der Waals surface area contributed by atoms with Gasteiger partial charge < -0.3 is 5.32 Å². The maximum absolute atomic E-state index is 12.9. The van der Waals surface area contributed by atoms with Gasteiger partial charge in [0.05, 0.1) is 27.0 Å². The van der Waals surface area contributed by atoms with Crippen LogP contribution in [0.2, 0.25) is 15.1 Å². The van der Waals surface area contributed by atoms with Crippen LogP contribution in [0.5, 0.6) is 0 Å². The topological polar surface area (TPSA) is 66.5 Å². The van der Waals surface area contributed by atoms with Gasteiger partial charge in [-0.2, -0.15) is 0 Å². The molecule has 10 heteroatoms. The third-order valence-electron chi connectivity index (χ3n) is 3.82. The molecule has 0 aromatic heterocycles. The molecule has 0 unspecified atom stereocenters. The van der Waals surface area contributed by atoms with Gasteiger partial charge in [-0.1, -0.05) is 46.9 Å². The molecule has 2 aromatic rings. The first kappa shape index (κ1) is 22.7. The number of sulfonamides is 1. The van der Waals surface area contributed by atoms with Crippen molar-refractivity contribution in [2.24, 2.45) is 0 Å². The summed E-state index contributed by atoms with van der Waals surface area (Å²) < 4.78 is 38.0. The van der Waals surface area contributed by atoms with E-state index in [0.717, 1.165) is 16.1 Å². The molecule has 0 fully saturated rings. The number of hydrogen-bond donors (Lipinski definition) is 1. The van der Waals surface area contributed by atoms with Gasteiger partial charge in [0.2, 0.25) is 15.9 Å². The summed E-state index contributed by atoms with van der Waals surface area (Å²) in [5, 5.41) is 3.01. The lowest BCUT2D eigenvalue weighted by Crippen LogP contribution is -2.40. The predicted octanol–water partition coefficient (Wildman–Crippen LogP) is 4.30. The number of benzene rings is 2. The lowest BCUT2D eigenvalue weighted by atomic mass is 10.1. The van der Waals surface area contributed by atoms with E-state index in [1.165, 1.54) is 24.3 Å². The molecule has 152 valence electrons. The molecule has 28 heavy (non-hydrogen) atoms. The number of rotatable bonds is 8. The van der Waals surface area contributed by atoms with Crippen molar-refractivity contribution >= 4 is 56.4 Å². The molecule has 0 saturated heterocycles. The van der Waals surface area contributed by atoms with Gasteiger partial charge >= 0.3 is 0 Å². The largest absolute Gasteiger partial charge is 0.355 e. The van der Waals surface area contributed by atoms with Crippen molar-refractivity contribution in [3.05, 3.63) is 62.8 Å². The van der Waals surface area contributed by atoms with Crippen molar-refractivity contribution in [3.63, 3.8) is 0 Å². The molecular weight excluding hydrogens is 450 g/mol. The lowest BCUT2D eigenvalue weighted by molar-refractivity contribution is -0.119. The Balaban J connectivity index is 1.98. The number of halogens is 4. The van der Waals surface area contributed by atoms with E-state index in [4.69, 9.17) is 34.8 Å². The Morgan fingerprint density at radius 3 is 2.29 bits per heavy atom. The van der Waals surface area contributed by atoms with Crippen molar-refractivity contribution in [2.45, 2.75) is 12.8 Å². The normalized spacial score (nSPS) is 11.3. The summed E-state index contributed by atoms with van der Waals surface area (Å²) in [4.78, 5) is 12.2. The molecule has 5 nitrogen and oxygen atoms in total. The number of hydrogen-bond acceptors (Lipinski definition) is 3. The van der Waals surface area contributed by atoms with Gasteiger partial charge in [-0.05, 0) is 42.7 Å². The van der Waals surface area contributed by atoms with Crippen LogP contribution >= 0.6 is 34.8 Å². The summed E-state index contributed by atoms with van der Waals surface area (Å²) in [6, 6.07) is 8.72. The maximum atomic E-state index is 12.9. The second-order valence-electron chi connectivity index (χ2n) is 6.07. The minimum atomic E-state index is -3.79. The van der Waals surface area contributed by atoms with Crippen LogP contribution in [0.3, 0.4) is 0 Å². The van der Waals surface area contributed by atoms with Crippen LogP contribution in [0, 0.1) is 5.82 Å². The van der Waals surface area contributed by atoms with Gasteiger partial charge in [0.25, 0.3) is 0 Å². The second-order valence-corrected chi connectivity index (χ2v) is 9.20. The predicted molar refractivity (Wildman–Crippen MR) is 111 cm³/mol. The summed E-state index contributed by atoms with van der Waals surface area (Å²) in [5.41, 5.74) is 1.01. The molecule has 0 heterocycles. The minimum absolute atomic E-state index is 0.0592. The monoisotopic (exact) mass is 466 g/mol. The minimum Gasteiger partial charge on any atom is -0.355 e. The van der Waals surface area contributed by atoms with E-state index in [1.54, 1.807) is 12.1 Å². The molecule has 1 amide bonds.